The summed E-state index contributed by atoms with van der Waals surface area (Å²) in [6, 6.07) is 10.3. The summed E-state index contributed by atoms with van der Waals surface area (Å²) in [5, 5.41) is 0.264. The molecule has 0 radical (unpaired) electrons. The van der Waals surface area contributed by atoms with Crippen molar-refractivity contribution < 1.29 is 17.2 Å². The van der Waals surface area contributed by atoms with Gasteiger partial charge in [0.05, 0.1) is 11.1 Å². The smallest absolute Gasteiger partial charge is 0.339 e. The second kappa shape index (κ2) is 9.75. The number of nitrogens with zero attached hydrogens (tertiary/aromatic N) is 1. The average molecular weight is 648 g/mol. The summed E-state index contributed by atoms with van der Waals surface area (Å²) in [5.41, 5.74) is 3.70. The number of sulfone groups is 1. The Balaban J connectivity index is 1.88. The first kappa shape index (κ1) is 26.8. The van der Waals surface area contributed by atoms with E-state index in [-0.39, 0.29) is 40.3 Å². The third kappa shape index (κ3) is 4.86. The van der Waals surface area contributed by atoms with Crippen LogP contribution >= 0.6 is 22.6 Å². The summed E-state index contributed by atoms with van der Waals surface area (Å²) in [7, 11) is -3.30. The Morgan fingerprint density at radius 1 is 1.05 bits per heavy atom. The van der Waals surface area contributed by atoms with Crippen LogP contribution in [0.2, 0.25) is 0 Å². The summed E-state index contributed by atoms with van der Waals surface area (Å²) in [6.07, 6.45) is 2.96. The van der Waals surface area contributed by atoms with E-state index in [1.165, 1.54) is 12.3 Å². The third-order valence-corrected chi connectivity index (χ3v) is 8.80. The molecular weight excluding hydrogens is 620 g/mol. The summed E-state index contributed by atoms with van der Waals surface area (Å²) < 4.78 is 47.4. The lowest BCUT2D eigenvalue weighted by molar-refractivity contribution is 0.549. The van der Waals surface area contributed by atoms with Gasteiger partial charge in [-0.05, 0) is 96.2 Å². The van der Waals surface area contributed by atoms with Gasteiger partial charge in [0.25, 0.3) is 5.56 Å². The summed E-state index contributed by atoms with van der Waals surface area (Å²) in [5.74, 6) is -0.538. The zero-order valence-corrected chi connectivity index (χ0v) is 24.5. The molecule has 0 atom stereocenters. The van der Waals surface area contributed by atoms with Crippen molar-refractivity contribution in [3.05, 3.63) is 100 Å². The van der Waals surface area contributed by atoms with Gasteiger partial charge in [-0.25, -0.2) is 17.6 Å². The standard InChI is InChI=1S/C29H27FINO5S/c1-15-19(14-38(4,35)36)6-5-7-22(15)25-17(3)32(21-10-11-21)28(33)26-23(16(2)29(34)37-27(25)26)12-18-8-9-20(31)13-24(18)30/h5-9,13,21H,10-12,14H2,1-4H3. The molecule has 9 heteroatoms. The highest BCUT2D eigenvalue weighted by molar-refractivity contribution is 14.1. The van der Waals surface area contributed by atoms with Crippen molar-refractivity contribution in [2.45, 2.75) is 51.8 Å². The first-order chi connectivity index (χ1) is 17.9. The van der Waals surface area contributed by atoms with E-state index in [1.807, 2.05) is 42.5 Å². The predicted octanol–water partition coefficient (Wildman–Crippen LogP) is 5.76. The lowest BCUT2D eigenvalue weighted by atomic mass is 9.91. The number of benzene rings is 2. The van der Waals surface area contributed by atoms with Crippen LogP contribution in [0.4, 0.5) is 4.39 Å². The van der Waals surface area contributed by atoms with Crippen molar-refractivity contribution in [1.82, 2.24) is 4.57 Å². The molecule has 0 amide bonds. The van der Waals surface area contributed by atoms with E-state index in [0.717, 1.165) is 22.0 Å². The first-order valence-electron chi connectivity index (χ1n) is 12.3. The van der Waals surface area contributed by atoms with Gasteiger partial charge in [0, 0.05) is 39.1 Å². The molecule has 0 bridgehead atoms. The lowest BCUT2D eigenvalue weighted by Gasteiger charge is -2.20. The van der Waals surface area contributed by atoms with Gasteiger partial charge < -0.3 is 8.98 Å². The zero-order valence-electron chi connectivity index (χ0n) is 21.5. The topological polar surface area (TPSA) is 86.4 Å². The molecule has 2 heterocycles. The lowest BCUT2D eigenvalue weighted by Crippen LogP contribution is -2.26. The van der Waals surface area contributed by atoms with Crippen LogP contribution in [0.15, 0.2) is 50.4 Å². The molecule has 2 aromatic heterocycles. The van der Waals surface area contributed by atoms with E-state index in [4.69, 9.17) is 4.42 Å². The molecule has 6 nitrogen and oxygen atoms in total. The molecule has 38 heavy (non-hydrogen) atoms. The molecular formula is C29H27FINO5S. The van der Waals surface area contributed by atoms with E-state index in [2.05, 4.69) is 0 Å². The second-order valence-corrected chi connectivity index (χ2v) is 13.5. The Labute approximate surface area is 233 Å². The maximum atomic E-state index is 14.9. The van der Waals surface area contributed by atoms with Crippen LogP contribution < -0.4 is 11.2 Å². The maximum Gasteiger partial charge on any atom is 0.339 e. The molecule has 1 aliphatic carbocycles. The zero-order chi connectivity index (χ0) is 27.5. The Morgan fingerprint density at radius 2 is 1.76 bits per heavy atom. The van der Waals surface area contributed by atoms with E-state index >= 15 is 0 Å². The number of pyridine rings is 1. The molecule has 1 aliphatic rings. The molecule has 1 fully saturated rings. The Kier molecular flexibility index (Phi) is 6.88. The van der Waals surface area contributed by atoms with Gasteiger partial charge in [0.15, 0.2) is 15.4 Å². The second-order valence-electron chi connectivity index (χ2n) is 10.1. The SMILES string of the molecule is Cc1c(CS(C)(=O)=O)cccc1-c1c(C)n(C2CC2)c(=O)c2c(Cc3ccc(I)cc3F)c(C)c(=O)oc12. The molecule has 0 N–H and O–H groups in total. The number of fused-ring (bicyclic) bond motifs is 1. The summed E-state index contributed by atoms with van der Waals surface area (Å²) in [4.78, 5) is 27.1. The molecule has 198 valence electrons. The van der Waals surface area contributed by atoms with E-state index < -0.39 is 21.3 Å². The first-order valence-corrected chi connectivity index (χ1v) is 15.4. The Morgan fingerprint density at radius 3 is 2.39 bits per heavy atom. The number of hydrogen-bond donors (Lipinski definition) is 0. The fraction of sp³-hybridized carbons (Fsp3) is 0.310. The molecule has 0 unspecified atom stereocenters. The van der Waals surface area contributed by atoms with Crippen LogP contribution in [0.25, 0.3) is 22.1 Å². The van der Waals surface area contributed by atoms with Crippen LogP contribution in [0.1, 0.15) is 52.4 Å². The van der Waals surface area contributed by atoms with Crippen LogP contribution in [-0.2, 0) is 22.0 Å². The van der Waals surface area contributed by atoms with Crippen LogP contribution in [0.3, 0.4) is 0 Å². The van der Waals surface area contributed by atoms with E-state index in [1.54, 1.807) is 35.8 Å². The van der Waals surface area contributed by atoms with Gasteiger partial charge in [0.2, 0.25) is 0 Å². The molecule has 2 aromatic carbocycles. The van der Waals surface area contributed by atoms with Gasteiger partial charge in [-0.2, -0.15) is 0 Å². The van der Waals surface area contributed by atoms with Crippen molar-refractivity contribution in [2.75, 3.05) is 6.26 Å². The molecule has 0 aliphatic heterocycles. The Bertz CT molecular complexity index is 1850. The number of halogens is 2. The summed E-state index contributed by atoms with van der Waals surface area (Å²) in [6.45, 7) is 5.26. The highest BCUT2D eigenvalue weighted by Crippen LogP contribution is 2.41. The largest absolute Gasteiger partial charge is 0.422 e. The number of aromatic nitrogens is 1. The number of rotatable bonds is 6. The van der Waals surface area contributed by atoms with Gasteiger partial charge in [-0.1, -0.05) is 24.3 Å². The van der Waals surface area contributed by atoms with Gasteiger partial charge in [-0.15, -0.1) is 0 Å². The number of hydrogen-bond acceptors (Lipinski definition) is 5. The highest BCUT2D eigenvalue weighted by Gasteiger charge is 2.31. The molecule has 4 aromatic rings. The normalized spacial score (nSPS) is 13.8. The quantitative estimate of drug-likeness (QED) is 0.249. The molecule has 0 spiro atoms. The van der Waals surface area contributed by atoms with Gasteiger partial charge in [0.1, 0.15) is 5.82 Å². The van der Waals surface area contributed by atoms with E-state index in [9.17, 15) is 22.4 Å². The average Bonchev–Trinajstić information content (AvgIpc) is 3.65. The van der Waals surface area contributed by atoms with Crippen molar-refractivity contribution >= 4 is 43.4 Å². The molecule has 5 rings (SSSR count). The van der Waals surface area contributed by atoms with Crippen LogP contribution in [-0.4, -0.2) is 19.2 Å². The third-order valence-electron chi connectivity index (χ3n) is 7.29. The van der Waals surface area contributed by atoms with E-state index in [0.29, 0.717) is 33.5 Å². The summed E-state index contributed by atoms with van der Waals surface area (Å²) >= 11 is 2.04. The maximum absolute atomic E-state index is 14.9. The van der Waals surface area contributed by atoms with Gasteiger partial charge in [-0.3, -0.25) is 4.79 Å². The van der Waals surface area contributed by atoms with Crippen LogP contribution in [0, 0.1) is 30.2 Å². The minimum atomic E-state index is -3.30. The monoisotopic (exact) mass is 647 g/mol. The molecule has 0 saturated heterocycles. The predicted molar refractivity (Wildman–Crippen MR) is 155 cm³/mol. The van der Waals surface area contributed by atoms with Gasteiger partial charge >= 0.3 is 5.63 Å². The fourth-order valence-electron chi connectivity index (χ4n) is 5.19. The van der Waals surface area contributed by atoms with Crippen molar-refractivity contribution in [3.8, 4) is 11.1 Å². The minimum absolute atomic E-state index is 0.0280. The van der Waals surface area contributed by atoms with Crippen molar-refractivity contribution in [3.63, 3.8) is 0 Å². The highest BCUT2D eigenvalue weighted by atomic mass is 127. The Hall–Kier alpha value is -2.79. The fourth-order valence-corrected chi connectivity index (χ4v) is 6.52. The van der Waals surface area contributed by atoms with Crippen LogP contribution in [0.5, 0.6) is 0 Å². The minimum Gasteiger partial charge on any atom is -0.422 e. The van der Waals surface area contributed by atoms with Crippen molar-refractivity contribution in [1.29, 1.82) is 0 Å². The van der Waals surface area contributed by atoms with Crippen molar-refractivity contribution in [2.24, 2.45) is 0 Å². The molecule has 1 saturated carbocycles.